The number of amides is 1. The van der Waals surface area contributed by atoms with Gasteiger partial charge in [0.15, 0.2) is 0 Å². The molecule has 0 aromatic carbocycles. The van der Waals surface area contributed by atoms with Crippen LogP contribution in [0.3, 0.4) is 0 Å². The van der Waals surface area contributed by atoms with Crippen LogP contribution < -0.4 is 10.1 Å². The van der Waals surface area contributed by atoms with Crippen molar-refractivity contribution >= 4 is 11.7 Å². The van der Waals surface area contributed by atoms with Crippen LogP contribution in [0.25, 0.3) is 0 Å². The van der Waals surface area contributed by atoms with E-state index < -0.39 is 0 Å². The number of hydrogen-bond acceptors (Lipinski definition) is 5. The smallest absolute Gasteiger partial charge is 0.224 e. The largest absolute Gasteiger partial charge is 0.475 e. The Balaban J connectivity index is 1.77. The predicted octanol–water partition coefficient (Wildman–Crippen LogP) is 1.69. The molecule has 110 valence electrons. The van der Waals surface area contributed by atoms with Crippen LogP contribution in [0.2, 0.25) is 0 Å². The van der Waals surface area contributed by atoms with Gasteiger partial charge < -0.3 is 15.0 Å². The van der Waals surface area contributed by atoms with E-state index in [4.69, 9.17) is 4.74 Å². The molecule has 0 bridgehead atoms. The summed E-state index contributed by atoms with van der Waals surface area (Å²) in [4.78, 5) is 22.0. The molecule has 0 spiro atoms. The molecule has 1 aromatic heterocycles. The second kappa shape index (κ2) is 7.07. The summed E-state index contributed by atoms with van der Waals surface area (Å²) in [6.07, 6.45) is 4.28. The predicted molar refractivity (Wildman–Crippen MR) is 76.7 cm³/mol. The van der Waals surface area contributed by atoms with Gasteiger partial charge in [-0.3, -0.25) is 4.79 Å². The average Bonchev–Trinajstić information content (AvgIpc) is 2.92. The van der Waals surface area contributed by atoms with Crippen molar-refractivity contribution in [3.05, 3.63) is 12.4 Å². The summed E-state index contributed by atoms with van der Waals surface area (Å²) in [6, 6.07) is 1.75. The molecule has 1 N–H and O–H groups in total. The number of nitrogens with zero attached hydrogens (tertiary/aromatic N) is 3. The minimum atomic E-state index is 0.0782. The Bertz CT molecular complexity index is 445. The molecule has 2 heterocycles. The van der Waals surface area contributed by atoms with Crippen LogP contribution >= 0.6 is 0 Å². The Morgan fingerprint density at radius 3 is 2.85 bits per heavy atom. The molecule has 2 rings (SSSR count). The number of likely N-dealkylation sites (tertiary alicyclic amines) is 1. The fourth-order valence-corrected chi connectivity index (χ4v) is 2.16. The van der Waals surface area contributed by atoms with Crippen molar-refractivity contribution in [3.8, 4) is 5.88 Å². The van der Waals surface area contributed by atoms with Gasteiger partial charge in [-0.2, -0.15) is 0 Å². The molecule has 1 aliphatic rings. The van der Waals surface area contributed by atoms with Gasteiger partial charge in [-0.15, -0.1) is 0 Å². The highest BCUT2D eigenvalue weighted by Gasteiger charge is 2.17. The SMILES string of the molecule is CC(C)Oc1cc(NCCC(=O)N2CCCC2)ncn1. The van der Waals surface area contributed by atoms with Gasteiger partial charge in [0.25, 0.3) is 0 Å². The van der Waals surface area contributed by atoms with E-state index in [0.29, 0.717) is 24.7 Å². The van der Waals surface area contributed by atoms with Crippen molar-refractivity contribution in [1.29, 1.82) is 0 Å². The third kappa shape index (κ3) is 4.36. The Hall–Kier alpha value is -1.85. The monoisotopic (exact) mass is 278 g/mol. The second-order valence-corrected chi connectivity index (χ2v) is 5.17. The lowest BCUT2D eigenvalue weighted by Gasteiger charge is -2.15. The maximum absolute atomic E-state index is 11.9. The Morgan fingerprint density at radius 1 is 1.40 bits per heavy atom. The summed E-state index contributed by atoms with van der Waals surface area (Å²) < 4.78 is 5.50. The lowest BCUT2D eigenvalue weighted by atomic mass is 10.3. The third-order valence-corrected chi connectivity index (χ3v) is 3.10. The Labute approximate surface area is 119 Å². The Kier molecular flexibility index (Phi) is 5.15. The summed E-state index contributed by atoms with van der Waals surface area (Å²) >= 11 is 0. The second-order valence-electron chi connectivity index (χ2n) is 5.17. The van der Waals surface area contributed by atoms with Gasteiger partial charge in [0, 0.05) is 32.1 Å². The van der Waals surface area contributed by atoms with Crippen molar-refractivity contribution in [1.82, 2.24) is 14.9 Å². The molecule has 0 saturated carbocycles. The van der Waals surface area contributed by atoms with Crippen molar-refractivity contribution in [2.24, 2.45) is 0 Å². The number of rotatable bonds is 6. The minimum Gasteiger partial charge on any atom is -0.475 e. The maximum Gasteiger partial charge on any atom is 0.224 e. The molecule has 20 heavy (non-hydrogen) atoms. The van der Waals surface area contributed by atoms with Crippen molar-refractivity contribution in [3.63, 3.8) is 0 Å². The summed E-state index contributed by atoms with van der Waals surface area (Å²) in [5.41, 5.74) is 0. The van der Waals surface area contributed by atoms with E-state index in [1.807, 2.05) is 18.7 Å². The number of ether oxygens (including phenoxy) is 1. The van der Waals surface area contributed by atoms with E-state index in [-0.39, 0.29) is 12.0 Å². The zero-order valence-electron chi connectivity index (χ0n) is 12.1. The summed E-state index contributed by atoms with van der Waals surface area (Å²) in [7, 11) is 0. The number of carbonyl (C=O) groups excluding carboxylic acids is 1. The van der Waals surface area contributed by atoms with Gasteiger partial charge in [0.05, 0.1) is 6.10 Å². The lowest BCUT2D eigenvalue weighted by molar-refractivity contribution is -0.129. The van der Waals surface area contributed by atoms with Crippen molar-refractivity contribution in [2.45, 2.75) is 39.2 Å². The fraction of sp³-hybridized carbons (Fsp3) is 0.643. The van der Waals surface area contributed by atoms with Crippen molar-refractivity contribution in [2.75, 3.05) is 25.0 Å². The molecular weight excluding hydrogens is 256 g/mol. The van der Waals surface area contributed by atoms with Gasteiger partial charge in [0.2, 0.25) is 11.8 Å². The van der Waals surface area contributed by atoms with Gasteiger partial charge >= 0.3 is 0 Å². The van der Waals surface area contributed by atoms with Gasteiger partial charge in [0.1, 0.15) is 12.1 Å². The topological polar surface area (TPSA) is 67.3 Å². The normalized spacial score (nSPS) is 14.7. The number of anilines is 1. The van der Waals surface area contributed by atoms with E-state index in [1.54, 1.807) is 6.07 Å². The van der Waals surface area contributed by atoms with E-state index in [9.17, 15) is 4.79 Å². The minimum absolute atomic E-state index is 0.0782. The van der Waals surface area contributed by atoms with Crippen LogP contribution in [0.5, 0.6) is 5.88 Å². The first kappa shape index (κ1) is 14.6. The zero-order chi connectivity index (χ0) is 14.4. The average molecular weight is 278 g/mol. The van der Waals surface area contributed by atoms with E-state index in [0.717, 1.165) is 25.9 Å². The van der Waals surface area contributed by atoms with E-state index in [1.165, 1.54) is 6.33 Å². The van der Waals surface area contributed by atoms with Crippen LogP contribution in [0.15, 0.2) is 12.4 Å². The van der Waals surface area contributed by atoms with Gasteiger partial charge in [-0.25, -0.2) is 9.97 Å². The van der Waals surface area contributed by atoms with E-state index >= 15 is 0 Å². The van der Waals surface area contributed by atoms with Crippen LogP contribution in [0, 0.1) is 0 Å². The molecule has 6 nitrogen and oxygen atoms in total. The first-order valence-corrected chi connectivity index (χ1v) is 7.15. The highest BCUT2D eigenvalue weighted by Crippen LogP contribution is 2.13. The molecule has 1 fully saturated rings. The summed E-state index contributed by atoms with van der Waals surface area (Å²) in [5.74, 6) is 1.44. The molecule has 0 unspecified atom stereocenters. The molecule has 6 heteroatoms. The third-order valence-electron chi connectivity index (χ3n) is 3.10. The molecular formula is C14H22N4O2. The van der Waals surface area contributed by atoms with Crippen LogP contribution in [0.1, 0.15) is 33.1 Å². The van der Waals surface area contributed by atoms with Crippen LogP contribution in [0.4, 0.5) is 5.82 Å². The van der Waals surface area contributed by atoms with E-state index in [2.05, 4.69) is 15.3 Å². The first-order chi connectivity index (χ1) is 9.65. The van der Waals surface area contributed by atoms with Crippen LogP contribution in [-0.4, -0.2) is 46.5 Å². The first-order valence-electron chi connectivity index (χ1n) is 7.15. The lowest BCUT2D eigenvalue weighted by Crippen LogP contribution is -2.29. The molecule has 1 amide bonds. The van der Waals surface area contributed by atoms with Gasteiger partial charge in [-0.05, 0) is 26.7 Å². The highest BCUT2D eigenvalue weighted by atomic mass is 16.5. The maximum atomic E-state index is 11.9. The van der Waals surface area contributed by atoms with Crippen LogP contribution in [-0.2, 0) is 4.79 Å². The highest BCUT2D eigenvalue weighted by molar-refractivity contribution is 5.76. The summed E-state index contributed by atoms with van der Waals surface area (Å²) in [6.45, 7) is 6.28. The molecule has 0 aliphatic carbocycles. The zero-order valence-corrected chi connectivity index (χ0v) is 12.1. The quantitative estimate of drug-likeness (QED) is 0.857. The number of nitrogens with one attached hydrogen (secondary N) is 1. The molecule has 0 atom stereocenters. The Morgan fingerprint density at radius 2 is 2.15 bits per heavy atom. The number of aromatic nitrogens is 2. The molecule has 1 saturated heterocycles. The number of carbonyl (C=O) groups is 1. The molecule has 0 radical (unpaired) electrons. The van der Waals surface area contributed by atoms with Gasteiger partial charge in [-0.1, -0.05) is 0 Å². The summed E-state index contributed by atoms with van der Waals surface area (Å²) in [5, 5.41) is 3.13. The molecule has 1 aromatic rings. The standard InChI is InChI=1S/C14H22N4O2/c1-11(2)20-13-9-12(16-10-17-13)15-6-5-14(19)18-7-3-4-8-18/h9-11H,3-8H2,1-2H3,(H,15,16,17). The molecule has 1 aliphatic heterocycles. The fourth-order valence-electron chi connectivity index (χ4n) is 2.16. The van der Waals surface area contributed by atoms with Crippen molar-refractivity contribution < 1.29 is 9.53 Å². The number of hydrogen-bond donors (Lipinski definition) is 1.